The fourth-order valence-electron chi connectivity index (χ4n) is 1.70. The van der Waals surface area contributed by atoms with Crippen LogP contribution < -0.4 is 5.32 Å². The maximum absolute atomic E-state index is 9.22. The Balaban J connectivity index is 2.58. The Bertz CT molecular complexity index is 587. The summed E-state index contributed by atoms with van der Waals surface area (Å²) in [7, 11) is 0. The first-order valence-electron chi connectivity index (χ1n) is 5.48. The van der Waals surface area contributed by atoms with Crippen LogP contribution in [0.5, 0.6) is 0 Å². The van der Waals surface area contributed by atoms with E-state index in [9.17, 15) is 5.26 Å². The second kappa shape index (κ2) is 5.03. The van der Waals surface area contributed by atoms with Crippen molar-refractivity contribution in [2.24, 2.45) is 0 Å². The molecule has 2 rings (SSSR count). The van der Waals surface area contributed by atoms with E-state index >= 15 is 0 Å². The molecule has 2 aromatic rings. The molecule has 0 aliphatic heterocycles. The Labute approximate surface area is 105 Å². The summed E-state index contributed by atoms with van der Waals surface area (Å²) < 4.78 is 0. The van der Waals surface area contributed by atoms with E-state index in [1.165, 1.54) is 0 Å². The minimum absolute atomic E-state index is 0.576. The number of aromatic nitrogens is 1. The van der Waals surface area contributed by atoms with E-state index in [0.29, 0.717) is 16.1 Å². The summed E-state index contributed by atoms with van der Waals surface area (Å²) in [5.74, 6) is 0. The molecule has 4 heteroatoms. The molecule has 1 N–H and O–H groups in total. The largest absolute Gasteiger partial charge is 0.384 e. The molecule has 0 saturated carbocycles. The van der Waals surface area contributed by atoms with Gasteiger partial charge in [-0.05, 0) is 18.6 Å². The number of halogens is 1. The van der Waals surface area contributed by atoms with E-state index in [1.807, 2.05) is 18.2 Å². The molecule has 0 aliphatic rings. The predicted molar refractivity (Wildman–Crippen MR) is 70.2 cm³/mol. The molecular formula is C13H12ClN3. The summed E-state index contributed by atoms with van der Waals surface area (Å²) in [5.41, 5.74) is 2.10. The molecular weight excluding hydrogens is 234 g/mol. The Morgan fingerprint density at radius 2 is 2.29 bits per heavy atom. The molecule has 0 saturated heterocycles. The van der Waals surface area contributed by atoms with E-state index in [1.54, 1.807) is 6.20 Å². The van der Waals surface area contributed by atoms with Gasteiger partial charge >= 0.3 is 0 Å². The van der Waals surface area contributed by atoms with E-state index in [2.05, 4.69) is 23.3 Å². The number of hydrogen-bond acceptors (Lipinski definition) is 3. The van der Waals surface area contributed by atoms with Crippen LogP contribution in [0, 0.1) is 11.3 Å². The standard InChI is InChI=1S/C13H12ClN3/c1-2-5-16-12-4-3-9-6-10(14)8-17-13(9)11(12)7-15/h3-4,6,8,16H,2,5H2,1H3. The van der Waals surface area contributed by atoms with Gasteiger partial charge in [0.25, 0.3) is 0 Å². The van der Waals surface area contributed by atoms with Crippen molar-refractivity contribution in [1.82, 2.24) is 4.98 Å². The number of nitrogens with zero attached hydrogens (tertiary/aromatic N) is 2. The fraction of sp³-hybridized carbons (Fsp3) is 0.231. The predicted octanol–water partition coefficient (Wildman–Crippen LogP) is 3.58. The van der Waals surface area contributed by atoms with Crippen LogP contribution in [0.1, 0.15) is 18.9 Å². The van der Waals surface area contributed by atoms with Crippen LogP contribution in [-0.4, -0.2) is 11.5 Å². The molecule has 0 unspecified atom stereocenters. The third-order valence-corrected chi connectivity index (χ3v) is 2.70. The van der Waals surface area contributed by atoms with E-state index in [-0.39, 0.29) is 0 Å². The van der Waals surface area contributed by atoms with Gasteiger partial charge < -0.3 is 5.32 Å². The van der Waals surface area contributed by atoms with Crippen molar-refractivity contribution >= 4 is 28.2 Å². The number of benzene rings is 1. The van der Waals surface area contributed by atoms with Crippen molar-refractivity contribution in [2.75, 3.05) is 11.9 Å². The van der Waals surface area contributed by atoms with E-state index < -0.39 is 0 Å². The summed E-state index contributed by atoms with van der Waals surface area (Å²) >= 11 is 5.88. The molecule has 0 bridgehead atoms. The van der Waals surface area contributed by atoms with Crippen molar-refractivity contribution in [3.8, 4) is 6.07 Å². The van der Waals surface area contributed by atoms with Gasteiger partial charge in [0, 0.05) is 18.1 Å². The van der Waals surface area contributed by atoms with Gasteiger partial charge in [-0.15, -0.1) is 0 Å². The zero-order valence-electron chi connectivity index (χ0n) is 9.50. The highest BCUT2D eigenvalue weighted by molar-refractivity contribution is 6.31. The second-order valence-corrected chi connectivity index (χ2v) is 4.19. The highest BCUT2D eigenvalue weighted by atomic mass is 35.5. The first-order valence-corrected chi connectivity index (χ1v) is 5.86. The highest BCUT2D eigenvalue weighted by Gasteiger charge is 2.08. The average Bonchev–Trinajstić information content (AvgIpc) is 2.35. The first kappa shape index (κ1) is 11.7. The van der Waals surface area contributed by atoms with Crippen LogP contribution in [0.2, 0.25) is 5.02 Å². The van der Waals surface area contributed by atoms with Gasteiger partial charge in [-0.1, -0.05) is 24.6 Å². The number of hydrogen-bond donors (Lipinski definition) is 1. The normalized spacial score (nSPS) is 10.2. The minimum Gasteiger partial charge on any atom is -0.384 e. The first-order chi connectivity index (χ1) is 8.26. The maximum Gasteiger partial charge on any atom is 0.104 e. The smallest absolute Gasteiger partial charge is 0.104 e. The third kappa shape index (κ3) is 2.32. The monoisotopic (exact) mass is 245 g/mol. The molecule has 3 nitrogen and oxygen atoms in total. The van der Waals surface area contributed by atoms with Crippen LogP contribution in [0.15, 0.2) is 24.4 Å². The lowest BCUT2D eigenvalue weighted by Gasteiger charge is -2.08. The van der Waals surface area contributed by atoms with Crippen molar-refractivity contribution in [1.29, 1.82) is 5.26 Å². The van der Waals surface area contributed by atoms with Gasteiger partial charge in [0.05, 0.1) is 16.2 Å². The lowest BCUT2D eigenvalue weighted by atomic mass is 10.1. The second-order valence-electron chi connectivity index (χ2n) is 3.75. The van der Waals surface area contributed by atoms with Crippen LogP contribution in [0.3, 0.4) is 0 Å². The Morgan fingerprint density at radius 1 is 1.47 bits per heavy atom. The zero-order valence-corrected chi connectivity index (χ0v) is 10.3. The Morgan fingerprint density at radius 3 is 3.00 bits per heavy atom. The van der Waals surface area contributed by atoms with Crippen molar-refractivity contribution < 1.29 is 0 Å². The molecule has 1 aromatic carbocycles. The topological polar surface area (TPSA) is 48.7 Å². The third-order valence-electron chi connectivity index (χ3n) is 2.50. The molecule has 0 aliphatic carbocycles. The molecule has 0 amide bonds. The quantitative estimate of drug-likeness (QED) is 0.899. The molecule has 17 heavy (non-hydrogen) atoms. The number of nitrogens with one attached hydrogen (secondary N) is 1. The number of pyridine rings is 1. The molecule has 1 aromatic heterocycles. The highest BCUT2D eigenvalue weighted by Crippen LogP contribution is 2.25. The van der Waals surface area contributed by atoms with E-state index in [0.717, 1.165) is 24.0 Å². The lowest BCUT2D eigenvalue weighted by Crippen LogP contribution is -2.02. The SMILES string of the molecule is CCCNc1ccc2cc(Cl)cnc2c1C#N. The van der Waals surface area contributed by atoms with Crippen molar-refractivity contribution in [3.63, 3.8) is 0 Å². The fourth-order valence-corrected chi connectivity index (χ4v) is 1.86. The molecule has 0 atom stereocenters. The Kier molecular flexibility index (Phi) is 3.46. The molecule has 1 heterocycles. The van der Waals surface area contributed by atoms with Crippen LogP contribution in [0.25, 0.3) is 10.9 Å². The number of nitriles is 1. The molecule has 86 valence electrons. The van der Waals surface area contributed by atoms with Crippen molar-refractivity contribution in [2.45, 2.75) is 13.3 Å². The van der Waals surface area contributed by atoms with Gasteiger partial charge in [0.15, 0.2) is 0 Å². The molecule has 0 radical (unpaired) electrons. The molecule has 0 fully saturated rings. The average molecular weight is 246 g/mol. The summed E-state index contributed by atoms with van der Waals surface area (Å²) in [6, 6.07) is 7.83. The van der Waals surface area contributed by atoms with E-state index in [4.69, 9.17) is 11.6 Å². The van der Waals surface area contributed by atoms with Gasteiger partial charge in [0.1, 0.15) is 11.6 Å². The lowest BCUT2D eigenvalue weighted by molar-refractivity contribution is 0.979. The number of rotatable bonds is 3. The zero-order chi connectivity index (χ0) is 12.3. The number of anilines is 1. The van der Waals surface area contributed by atoms with Crippen molar-refractivity contribution in [3.05, 3.63) is 35.0 Å². The summed E-state index contributed by atoms with van der Waals surface area (Å²) in [6.45, 7) is 2.92. The van der Waals surface area contributed by atoms with Crippen LogP contribution in [0.4, 0.5) is 5.69 Å². The van der Waals surface area contributed by atoms with Gasteiger partial charge in [-0.2, -0.15) is 5.26 Å². The minimum atomic E-state index is 0.576. The number of fused-ring (bicyclic) bond motifs is 1. The Hall–Kier alpha value is -1.79. The maximum atomic E-state index is 9.22. The summed E-state index contributed by atoms with van der Waals surface area (Å²) in [6.07, 6.45) is 2.57. The van der Waals surface area contributed by atoms with Gasteiger partial charge in [0.2, 0.25) is 0 Å². The van der Waals surface area contributed by atoms with Gasteiger partial charge in [-0.3, -0.25) is 4.98 Å². The van der Waals surface area contributed by atoms with Gasteiger partial charge in [-0.25, -0.2) is 0 Å². The van der Waals surface area contributed by atoms with Crippen LogP contribution >= 0.6 is 11.6 Å². The van der Waals surface area contributed by atoms with Crippen LogP contribution in [-0.2, 0) is 0 Å². The molecule has 0 spiro atoms. The summed E-state index contributed by atoms with van der Waals surface area (Å²) in [4.78, 5) is 4.23. The summed E-state index contributed by atoms with van der Waals surface area (Å²) in [5, 5.41) is 13.9.